The van der Waals surface area contributed by atoms with Gasteiger partial charge in [0.1, 0.15) is 17.3 Å². The fraction of sp³-hybridized carbons (Fsp3) is 0.250. The summed E-state index contributed by atoms with van der Waals surface area (Å²) in [4.78, 5) is 13.4. The summed E-state index contributed by atoms with van der Waals surface area (Å²) in [5.74, 6) is 0.0291. The number of H-pyrrole nitrogens is 1. The van der Waals surface area contributed by atoms with E-state index >= 15 is 0 Å². The predicted octanol–water partition coefficient (Wildman–Crippen LogP) is 2.91. The van der Waals surface area contributed by atoms with Crippen LogP contribution in [0, 0.1) is 5.82 Å². The topological polar surface area (TPSA) is 92.1 Å². The second-order valence-corrected chi connectivity index (χ2v) is 6.09. The summed E-state index contributed by atoms with van der Waals surface area (Å²) in [7, 11) is 0. The van der Waals surface area contributed by atoms with Crippen LogP contribution in [0.5, 0.6) is 0 Å². The lowest BCUT2D eigenvalue weighted by atomic mass is 10.2. The predicted molar refractivity (Wildman–Crippen MR) is 96.0 cm³/mol. The molecule has 0 atom stereocenters. The highest BCUT2D eigenvalue weighted by atomic mass is 35.5. The van der Waals surface area contributed by atoms with E-state index in [1.807, 2.05) is 6.07 Å². The summed E-state index contributed by atoms with van der Waals surface area (Å²) in [5, 5.41) is 3.86. The minimum absolute atomic E-state index is 0.196. The monoisotopic (exact) mass is 362 g/mol. The molecule has 1 fully saturated rings. The molecule has 3 aromatic rings. The molecule has 1 aromatic carbocycles. The summed E-state index contributed by atoms with van der Waals surface area (Å²) < 4.78 is 19.8. The fourth-order valence-electron chi connectivity index (χ4n) is 2.82. The Morgan fingerprint density at radius 3 is 2.84 bits per heavy atom. The molecular weight excluding hydrogens is 347 g/mol. The van der Waals surface area contributed by atoms with Crippen LogP contribution in [-0.4, -0.2) is 41.3 Å². The Morgan fingerprint density at radius 2 is 2.08 bits per heavy atom. The summed E-state index contributed by atoms with van der Waals surface area (Å²) in [6.07, 6.45) is 1.58. The van der Waals surface area contributed by atoms with Crippen molar-refractivity contribution in [2.75, 3.05) is 42.3 Å². The van der Waals surface area contributed by atoms with Crippen molar-refractivity contribution in [2.24, 2.45) is 0 Å². The maximum absolute atomic E-state index is 14.5. The number of aromatic nitrogens is 3. The normalized spacial score (nSPS) is 14.9. The lowest BCUT2D eigenvalue weighted by Gasteiger charge is -2.29. The molecule has 9 heteroatoms. The van der Waals surface area contributed by atoms with Crippen LogP contribution in [0.1, 0.15) is 0 Å². The van der Waals surface area contributed by atoms with Crippen molar-refractivity contribution in [1.29, 1.82) is 0 Å². The lowest BCUT2D eigenvalue weighted by molar-refractivity contribution is 0.122. The molecule has 7 nitrogen and oxygen atoms in total. The number of hydrogen-bond acceptors (Lipinski definition) is 6. The summed E-state index contributed by atoms with van der Waals surface area (Å²) >= 11 is 6.02. The van der Waals surface area contributed by atoms with Crippen molar-refractivity contribution in [3.8, 4) is 0 Å². The summed E-state index contributed by atoms with van der Waals surface area (Å²) in [6.45, 7) is 2.78. The smallest absolute Gasteiger partial charge is 0.231 e. The number of fused-ring (bicyclic) bond motifs is 1. The van der Waals surface area contributed by atoms with Crippen molar-refractivity contribution in [3.63, 3.8) is 0 Å². The molecule has 25 heavy (non-hydrogen) atoms. The van der Waals surface area contributed by atoms with Crippen LogP contribution in [0.3, 0.4) is 0 Å². The molecule has 4 rings (SSSR count). The van der Waals surface area contributed by atoms with E-state index in [1.54, 1.807) is 12.3 Å². The molecule has 1 aliphatic heterocycles. The molecule has 0 unspecified atom stereocenters. The number of benzene rings is 1. The van der Waals surface area contributed by atoms with Gasteiger partial charge in [0, 0.05) is 25.0 Å². The zero-order valence-corrected chi connectivity index (χ0v) is 14.0. The standard InChI is InChI=1S/C16H16ClFN6O/c17-10-8-20-15-13(10)14(19)22-16(23-15)21-12-2-1-9(7-11(12)18)24-3-5-25-6-4-24/h1-2,7-8H,3-6H2,(H4,19,20,21,22,23). The summed E-state index contributed by atoms with van der Waals surface area (Å²) in [5.41, 5.74) is 7.49. The second kappa shape index (κ2) is 6.38. The van der Waals surface area contributed by atoms with Gasteiger partial charge in [0.2, 0.25) is 5.95 Å². The van der Waals surface area contributed by atoms with Crippen molar-refractivity contribution in [3.05, 3.63) is 35.2 Å². The molecular formula is C16H16ClFN6O. The number of anilines is 4. The third kappa shape index (κ3) is 3.06. The molecule has 0 spiro atoms. The van der Waals surface area contributed by atoms with E-state index in [9.17, 15) is 4.39 Å². The van der Waals surface area contributed by atoms with E-state index in [4.69, 9.17) is 22.1 Å². The number of ether oxygens (including phenoxy) is 1. The molecule has 130 valence electrons. The van der Waals surface area contributed by atoms with Gasteiger partial charge in [-0.1, -0.05) is 11.6 Å². The number of nitrogen functional groups attached to an aromatic ring is 1. The van der Waals surface area contributed by atoms with Crippen molar-refractivity contribution in [2.45, 2.75) is 0 Å². The molecule has 0 amide bonds. The molecule has 0 radical (unpaired) electrons. The highest BCUT2D eigenvalue weighted by molar-refractivity contribution is 6.36. The Morgan fingerprint density at radius 1 is 1.28 bits per heavy atom. The van der Waals surface area contributed by atoms with Gasteiger partial charge in [-0.05, 0) is 18.2 Å². The molecule has 0 saturated carbocycles. The third-order valence-corrected chi connectivity index (χ3v) is 4.38. The van der Waals surface area contributed by atoms with E-state index in [0.717, 1.165) is 18.8 Å². The minimum atomic E-state index is -0.393. The number of nitrogens with zero attached hydrogens (tertiary/aromatic N) is 3. The van der Waals surface area contributed by atoms with Crippen LogP contribution in [-0.2, 0) is 4.74 Å². The first-order valence-corrected chi connectivity index (χ1v) is 8.19. The maximum Gasteiger partial charge on any atom is 0.231 e. The highest BCUT2D eigenvalue weighted by Gasteiger charge is 2.15. The summed E-state index contributed by atoms with van der Waals surface area (Å²) in [6, 6.07) is 5.00. The van der Waals surface area contributed by atoms with Crippen molar-refractivity contribution in [1.82, 2.24) is 15.0 Å². The number of aromatic amines is 1. The van der Waals surface area contributed by atoms with E-state index in [0.29, 0.717) is 29.3 Å². The van der Waals surface area contributed by atoms with Gasteiger partial charge in [0.25, 0.3) is 0 Å². The first-order chi connectivity index (χ1) is 12.1. The van der Waals surface area contributed by atoms with Crippen LogP contribution in [0.2, 0.25) is 5.02 Å². The lowest BCUT2D eigenvalue weighted by Crippen LogP contribution is -2.36. The zero-order chi connectivity index (χ0) is 17.4. The first-order valence-electron chi connectivity index (χ1n) is 7.81. The van der Waals surface area contributed by atoms with Gasteiger partial charge in [-0.15, -0.1) is 0 Å². The van der Waals surface area contributed by atoms with Gasteiger partial charge in [-0.25, -0.2) is 4.39 Å². The Hall–Kier alpha value is -2.58. The first kappa shape index (κ1) is 15.9. The number of nitrogens with one attached hydrogen (secondary N) is 2. The average Bonchev–Trinajstić information content (AvgIpc) is 2.99. The van der Waals surface area contributed by atoms with Crippen LogP contribution < -0.4 is 16.0 Å². The van der Waals surface area contributed by atoms with Gasteiger partial charge in [0.05, 0.1) is 29.3 Å². The van der Waals surface area contributed by atoms with E-state index in [-0.39, 0.29) is 17.5 Å². The molecule has 4 N–H and O–H groups in total. The molecule has 3 heterocycles. The average molecular weight is 363 g/mol. The highest BCUT2D eigenvalue weighted by Crippen LogP contribution is 2.29. The van der Waals surface area contributed by atoms with Gasteiger partial charge < -0.3 is 25.7 Å². The number of hydrogen-bond donors (Lipinski definition) is 3. The Balaban J connectivity index is 1.60. The second-order valence-electron chi connectivity index (χ2n) is 5.68. The molecule has 1 saturated heterocycles. The Bertz CT molecular complexity index is 924. The molecule has 0 bridgehead atoms. The number of nitrogens with two attached hydrogens (primary N) is 1. The minimum Gasteiger partial charge on any atom is -0.383 e. The van der Waals surface area contributed by atoms with Crippen molar-refractivity contribution >= 4 is 45.8 Å². The van der Waals surface area contributed by atoms with Crippen LogP contribution in [0.25, 0.3) is 11.0 Å². The van der Waals surface area contributed by atoms with Gasteiger partial charge >= 0.3 is 0 Å². The van der Waals surface area contributed by atoms with Gasteiger partial charge in [0.15, 0.2) is 0 Å². The number of rotatable bonds is 3. The third-order valence-electron chi connectivity index (χ3n) is 4.09. The number of halogens is 2. The Labute approximate surface area is 148 Å². The SMILES string of the molecule is Nc1nc(Nc2ccc(N3CCOCC3)cc2F)nc2[nH]cc(Cl)c12. The Kier molecular flexibility index (Phi) is 4.06. The quantitative estimate of drug-likeness (QED) is 0.663. The largest absolute Gasteiger partial charge is 0.383 e. The van der Waals surface area contributed by atoms with E-state index in [1.165, 1.54) is 6.07 Å². The number of morpholine rings is 1. The van der Waals surface area contributed by atoms with Crippen molar-refractivity contribution < 1.29 is 9.13 Å². The molecule has 0 aliphatic carbocycles. The molecule has 1 aliphatic rings. The molecule has 2 aromatic heterocycles. The maximum atomic E-state index is 14.5. The van der Waals surface area contributed by atoms with E-state index in [2.05, 4.69) is 25.2 Å². The van der Waals surface area contributed by atoms with Crippen LogP contribution >= 0.6 is 11.6 Å². The van der Waals surface area contributed by atoms with Crippen LogP contribution in [0.15, 0.2) is 24.4 Å². The van der Waals surface area contributed by atoms with Crippen LogP contribution in [0.4, 0.5) is 27.5 Å². The van der Waals surface area contributed by atoms with E-state index < -0.39 is 5.82 Å². The zero-order valence-electron chi connectivity index (χ0n) is 13.2. The fourth-order valence-corrected chi connectivity index (χ4v) is 3.06. The van der Waals surface area contributed by atoms with Gasteiger partial charge in [-0.2, -0.15) is 9.97 Å². The van der Waals surface area contributed by atoms with Gasteiger partial charge in [-0.3, -0.25) is 0 Å².